The first-order chi connectivity index (χ1) is 12.6. The van der Waals surface area contributed by atoms with Crippen molar-refractivity contribution in [2.45, 2.75) is 38.5 Å². The number of alkyl halides is 2. The van der Waals surface area contributed by atoms with Gasteiger partial charge in [0.1, 0.15) is 0 Å². The molecule has 2 rings (SSSR count). The van der Waals surface area contributed by atoms with E-state index in [0.717, 1.165) is 33.5 Å². The van der Waals surface area contributed by atoms with E-state index in [0.29, 0.717) is 11.8 Å². The van der Waals surface area contributed by atoms with Crippen LogP contribution in [0.15, 0.2) is 48.5 Å². The van der Waals surface area contributed by atoms with Crippen molar-refractivity contribution in [1.82, 2.24) is 0 Å². The minimum absolute atomic E-state index is 0.654. The van der Waals surface area contributed by atoms with Gasteiger partial charge >= 0.3 is 0 Å². The first-order valence-electron chi connectivity index (χ1n) is 9.23. The summed E-state index contributed by atoms with van der Waals surface area (Å²) in [6.45, 7) is 0. The molecule has 0 aliphatic heterocycles. The standard InChI is InChI=1S/C22H26Br2Cl2/c23-13-2-1-3-19(15-17-4-8-21(25)9-5-17)20(12-14-24)16-18-6-10-22(26)11-7-18/h4-11,19-20H,1-3,12-16H2/t19-,20-/m1/s1. The van der Waals surface area contributed by atoms with E-state index in [9.17, 15) is 0 Å². The number of hydrogen-bond acceptors (Lipinski definition) is 0. The van der Waals surface area contributed by atoms with Crippen molar-refractivity contribution in [3.63, 3.8) is 0 Å². The summed E-state index contributed by atoms with van der Waals surface area (Å²) in [6, 6.07) is 16.7. The number of halogens is 4. The maximum Gasteiger partial charge on any atom is 0.0406 e. The van der Waals surface area contributed by atoms with E-state index < -0.39 is 0 Å². The fraction of sp³-hybridized carbons (Fsp3) is 0.455. The van der Waals surface area contributed by atoms with Gasteiger partial charge in [-0.2, -0.15) is 0 Å². The monoisotopic (exact) mass is 518 g/mol. The smallest absolute Gasteiger partial charge is 0.0406 e. The van der Waals surface area contributed by atoms with Crippen molar-refractivity contribution in [2.24, 2.45) is 11.8 Å². The third-order valence-electron chi connectivity index (χ3n) is 4.93. The number of benzene rings is 2. The largest absolute Gasteiger partial charge is 0.0928 e. The molecule has 0 saturated carbocycles. The topological polar surface area (TPSA) is 0 Å². The van der Waals surface area contributed by atoms with Gasteiger partial charge in [0.15, 0.2) is 0 Å². The van der Waals surface area contributed by atoms with Gasteiger partial charge in [-0.15, -0.1) is 0 Å². The minimum Gasteiger partial charge on any atom is -0.0928 e. The van der Waals surface area contributed by atoms with E-state index in [1.54, 1.807) is 0 Å². The fourth-order valence-electron chi connectivity index (χ4n) is 3.50. The maximum atomic E-state index is 6.06. The van der Waals surface area contributed by atoms with Crippen molar-refractivity contribution < 1.29 is 0 Å². The van der Waals surface area contributed by atoms with E-state index in [2.05, 4.69) is 56.1 Å². The molecule has 2 aromatic carbocycles. The Labute approximate surface area is 184 Å². The third kappa shape index (κ3) is 7.92. The summed E-state index contributed by atoms with van der Waals surface area (Å²) < 4.78 is 0. The fourth-order valence-corrected chi connectivity index (χ4v) is 4.73. The molecule has 0 bridgehead atoms. The second-order valence-corrected chi connectivity index (χ2v) is 9.30. The molecular weight excluding hydrogens is 495 g/mol. The van der Waals surface area contributed by atoms with Crippen LogP contribution < -0.4 is 0 Å². The van der Waals surface area contributed by atoms with E-state index in [1.165, 1.54) is 36.8 Å². The summed E-state index contributed by atoms with van der Waals surface area (Å²) in [4.78, 5) is 0. The lowest BCUT2D eigenvalue weighted by molar-refractivity contribution is 0.295. The molecule has 0 nitrogen and oxygen atoms in total. The number of rotatable bonds is 11. The zero-order chi connectivity index (χ0) is 18.8. The van der Waals surface area contributed by atoms with Gasteiger partial charge in [-0.05, 0) is 79.3 Å². The van der Waals surface area contributed by atoms with Crippen LogP contribution in [0.5, 0.6) is 0 Å². The van der Waals surface area contributed by atoms with Crippen LogP contribution in [0.1, 0.15) is 36.8 Å². The van der Waals surface area contributed by atoms with E-state index in [4.69, 9.17) is 23.2 Å². The zero-order valence-electron chi connectivity index (χ0n) is 14.9. The van der Waals surface area contributed by atoms with Gasteiger partial charge < -0.3 is 0 Å². The van der Waals surface area contributed by atoms with Crippen molar-refractivity contribution in [2.75, 3.05) is 10.7 Å². The molecular formula is C22H26Br2Cl2. The molecule has 0 spiro atoms. The molecule has 0 aliphatic rings. The van der Waals surface area contributed by atoms with E-state index in [1.807, 2.05) is 24.3 Å². The Morgan fingerprint density at radius 2 is 1.08 bits per heavy atom. The Hall–Kier alpha value is -0.0200. The molecule has 0 fully saturated rings. The van der Waals surface area contributed by atoms with Crippen LogP contribution in [0.2, 0.25) is 10.0 Å². The lowest BCUT2D eigenvalue weighted by Gasteiger charge is -2.27. The van der Waals surface area contributed by atoms with Crippen LogP contribution in [-0.4, -0.2) is 10.7 Å². The van der Waals surface area contributed by atoms with Crippen molar-refractivity contribution in [3.8, 4) is 0 Å². The molecule has 0 amide bonds. The lowest BCUT2D eigenvalue weighted by atomic mass is 9.78. The van der Waals surface area contributed by atoms with Crippen molar-refractivity contribution in [3.05, 3.63) is 69.7 Å². The highest BCUT2D eigenvalue weighted by Gasteiger charge is 2.22. The van der Waals surface area contributed by atoms with Crippen molar-refractivity contribution >= 4 is 55.1 Å². The maximum absolute atomic E-state index is 6.06. The number of unbranched alkanes of at least 4 members (excludes halogenated alkanes) is 1. The van der Waals surface area contributed by atoms with Gasteiger partial charge in [-0.25, -0.2) is 0 Å². The summed E-state index contributed by atoms with van der Waals surface area (Å²) in [5.41, 5.74) is 2.76. The summed E-state index contributed by atoms with van der Waals surface area (Å²) in [5.74, 6) is 1.32. The predicted octanol–water partition coefficient (Wildman–Crippen LogP) is 8.36. The first kappa shape index (κ1) is 22.3. The molecule has 0 unspecified atom stereocenters. The molecule has 0 aromatic heterocycles. The highest BCUT2D eigenvalue weighted by atomic mass is 79.9. The van der Waals surface area contributed by atoms with Gasteiger partial charge in [0.25, 0.3) is 0 Å². The molecule has 142 valence electrons. The summed E-state index contributed by atoms with van der Waals surface area (Å²) in [5, 5.41) is 3.74. The summed E-state index contributed by atoms with van der Waals surface area (Å²) >= 11 is 19.4. The van der Waals surface area contributed by atoms with Crippen LogP contribution >= 0.6 is 55.1 Å². The zero-order valence-corrected chi connectivity index (χ0v) is 19.6. The first-order valence-corrected chi connectivity index (χ1v) is 12.2. The molecule has 0 radical (unpaired) electrons. The molecule has 0 saturated heterocycles. The lowest BCUT2D eigenvalue weighted by Crippen LogP contribution is -2.21. The van der Waals surface area contributed by atoms with Gasteiger partial charge in [-0.3, -0.25) is 0 Å². The summed E-state index contributed by atoms with van der Waals surface area (Å²) in [6.07, 6.45) is 7.18. The second-order valence-electron chi connectivity index (χ2n) is 6.84. The molecule has 2 aromatic rings. The van der Waals surface area contributed by atoms with Crippen LogP contribution in [0.4, 0.5) is 0 Å². The molecule has 0 aliphatic carbocycles. The highest BCUT2D eigenvalue weighted by Crippen LogP contribution is 2.30. The van der Waals surface area contributed by atoms with Crippen LogP contribution in [0.3, 0.4) is 0 Å². The minimum atomic E-state index is 0.654. The van der Waals surface area contributed by atoms with Crippen LogP contribution in [0.25, 0.3) is 0 Å². The Morgan fingerprint density at radius 1 is 0.615 bits per heavy atom. The Balaban J connectivity index is 2.13. The second kappa shape index (κ2) is 12.4. The third-order valence-corrected chi connectivity index (χ3v) is 6.45. The average Bonchev–Trinajstić information content (AvgIpc) is 2.64. The molecule has 4 heteroatoms. The van der Waals surface area contributed by atoms with Crippen LogP contribution in [-0.2, 0) is 12.8 Å². The SMILES string of the molecule is Clc1ccc(C[C@@H](CCBr)[C@H](CCCCBr)Cc2ccc(Cl)cc2)cc1. The summed E-state index contributed by atoms with van der Waals surface area (Å²) in [7, 11) is 0. The van der Waals surface area contributed by atoms with Gasteiger partial charge in [0.05, 0.1) is 0 Å². The molecule has 0 heterocycles. The Bertz CT molecular complexity index is 626. The van der Waals surface area contributed by atoms with Crippen molar-refractivity contribution in [1.29, 1.82) is 0 Å². The highest BCUT2D eigenvalue weighted by molar-refractivity contribution is 9.09. The van der Waals surface area contributed by atoms with E-state index in [-0.39, 0.29) is 0 Å². The van der Waals surface area contributed by atoms with Gasteiger partial charge in [0, 0.05) is 20.7 Å². The predicted molar refractivity (Wildman–Crippen MR) is 123 cm³/mol. The molecule has 2 atom stereocenters. The van der Waals surface area contributed by atoms with Gasteiger partial charge in [-0.1, -0.05) is 85.7 Å². The van der Waals surface area contributed by atoms with Gasteiger partial charge in [0.2, 0.25) is 0 Å². The average molecular weight is 521 g/mol. The van der Waals surface area contributed by atoms with Crippen LogP contribution in [0, 0.1) is 11.8 Å². The Kier molecular flexibility index (Phi) is 10.7. The molecule has 26 heavy (non-hydrogen) atoms. The number of hydrogen-bond donors (Lipinski definition) is 0. The van der Waals surface area contributed by atoms with E-state index >= 15 is 0 Å². The molecule has 0 N–H and O–H groups in total. The Morgan fingerprint density at radius 3 is 1.50 bits per heavy atom. The quantitative estimate of drug-likeness (QED) is 0.206. The normalized spacial score (nSPS) is 13.5.